The Morgan fingerprint density at radius 1 is 1.39 bits per heavy atom. The lowest BCUT2D eigenvalue weighted by Gasteiger charge is -2.10. The Hall–Kier alpha value is -1.70. The summed E-state index contributed by atoms with van der Waals surface area (Å²) < 4.78 is 43.6. The molecule has 1 aromatic heterocycles. The summed E-state index contributed by atoms with van der Waals surface area (Å²) in [5.74, 6) is -1.54. The summed E-state index contributed by atoms with van der Waals surface area (Å²) in [6.07, 6.45) is 3.03. The first kappa shape index (κ1) is 12.7. The van der Waals surface area contributed by atoms with E-state index in [-0.39, 0.29) is 11.4 Å². The van der Waals surface area contributed by atoms with Gasteiger partial charge in [0, 0.05) is 18.3 Å². The molecule has 8 heteroatoms. The van der Waals surface area contributed by atoms with Crippen LogP contribution in [0.5, 0.6) is 5.75 Å². The molecule has 0 spiro atoms. The number of aromatic nitrogens is 2. The van der Waals surface area contributed by atoms with Gasteiger partial charge in [0.15, 0.2) is 11.6 Å². The predicted molar refractivity (Wildman–Crippen MR) is 62.3 cm³/mol. The normalized spacial score (nSPS) is 10.9. The Kier molecular flexibility index (Phi) is 3.46. The second-order valence-electron chi connectivity index (χ2n) is 3.32. The fourth-order valence-electron chi connectivity index (χ4n) is 1.38. The van der Waals surface area contributed by atoms with E-state index in [1.54, 1.807) is 6.20 Å². The van der Waals surface area contributed by atoms with Crippen LogP contribution in [0.2, 0.25) is 0 Å². The maximum Gasteiger partial charge on any atom is 0.387 e. The molecular weight excluding hydrogens is 315 g/mol. The number of halogens is 4. The van der Waals surface area contributed by atoms with Crippen LogP contribution < -0.4 is 10.5 Å². The highest BCUT2D eigenvalue weighted by Gasteiger charge is 2.14. The lowest BCUT2D eigenvalue weighted by atomic mass is 10.2. The molecule has 0 saturated carbocycles. The van der Waals surface area contributed by atoms with Crippen LogP contribution in [0.25, 0.3) is 5.69 Å². The van der Waals surface area contributed by atoms with E-state index >= 15 is 0 Å². The summed E-state index contributed by atoms with van der Waals surface area (Å²) in [5.41, 5.74) is 5.91. The minimum absolute atomic E-state index is 0.0599. The van der Waals surface area contributed by atoms with Gasteiger partial charge in [-0.15, -0.1) is 0 Å². The van der Waals surface area contributed by atoms with E-state index in [2.05, 4.69) is 25.8 Å². The Bertz CT molecular complexity index is 573. The zero-order chi connectivity index (χ0) is 13.3. The molecule has 0 radical (unpaired) electrons. The fourth-order valence-corrected chi connectivity index (χ4v) is 1.66. The van der Waals surface area contributed by atoms with Gasteiger partial charge in [-0.3, -0.25) is 0 Å². The monoisotopic (exact) mass is 321 g/mol. The molecule has 0 saturated heterocycles. The van der Waals surface area contributed by atoms with Gasteiger partial charge < -0.3 is 10.5 Å². The summed E-state index contributed by atoms with van der Waals surface area (Å²) in [4.78, 5) is 0. The molecule has 0 fully saturated rings. The summed E-state index contributed by atoms with van der Waals surface area (Å²) in [5, 5.41) is 3.92. The molecular formula is C10H7BrF3N3O. The molecule has 2 aromatic rings. The van der Waals surface area contributed by atoms with Crippen LogP contribution in [-0.4, -0.2) is 16.4 Å². The van der Waals surface area contributed by atoms with Crippen molar-refractivity contribution in [1.29, 1.82) is 0 Å². The maximum atomic E-state index is 13.3. The number of ether oxygens (including phenoxy) is 1. The lowest BCUT2D eigenvalue weighted by molar-refractivity contribution is -0.0521. The van der Waals surface area contributed by atoms with Gasteiger partial charge in [-0.25, -0.2) is 9.07 Å². The van der Waals surface area contributed by atoms with E-state index in [4.69, 9.17) is 5.73 Å². The average Bonchev–Trinajstić information content (AvgIpc) is 2.68. The molecule has 0 atom stereocenters. The maximum absolute atomic E-state index is 13.3. The van der Waals surface area contributed by atoms with Crippen LogP contribution in [0.4, 0.5) is 18.9 Å². The molecule has 0 aliphatic carbocycles. The summed E-state index contributed by atoms with van der Waals surface area (Å²) >= 11 is 3.18. The molecule has 0 amide bonds. The minimum atomic E-state index is -3.11. The van der Waals surface area contributed by atoms with E-state index in [0.717, 1.165) is 12.1 Å². The summed E-state index contributed by atoms with van der Waals surface area (Å²) in [6, 6.07) is 1.97. The second kappa shape index (κ2) is 4.89. The number of anilines is 1. The Labute approximate surface area is 108 Å². The first-order valence-electron chi connectivity index (χ1n) is 4.71. The molecule has 1 heterocycles. The van der Waals surface area contributed by atoms with Gasteiger partial charge in [0.25, 0.3) is 0 Å². The fraction of sp³-hybridized carbons (Fsp3) is 0.100. The summed E-state index contributed by atoms with van der Waals surface area (Å²) in [7, 11) is 0. The standard InChI is InChI=1S/C10H7BrF3N3O/c11-5-3-16-17(4-5)8-2-9(18-10(13)14)6(12)1-7(8)15/h1-4,10H,15H2. The van der Waals surface area contributed by atoms with E-state index in [1.807, 2.05) is 0 Å². The number of alkyl halides is 2. The second-order valence-corrected chi connectivity index (χ2v) is 4.24. The van der Waals surface area contributed by atoms with E-state index in [9.17, 15) is 13.2 Å². The molecule has 0 unspecified atom stereocenters. The topological polar surface area (TPSA) is 53.1 Å². The van der Waals surface area contributed by atoms with Gasteiger partial charge in [0.1, 0.15) is 0 Å². The molecule has 18 heavy (non-hydrogen) atoms. The third kappa shape index (κ3) is 2.58. The Balaban J connectivity index is 2.47. The molecule has 2 N–H and O–H groups in total. The highest BCUT2D eigenvalue weighted by atomic mass is 79.9. The Morgan fingerprint density at radius 3 is 2.67 bits per heavy atom. The highest BCUT2D eigenvalue weighted by Crippen LogP contribution is 2.28. The lowest BCUT2D eigenvalue weighted by Crippen LogP contribution is -2.07. The van der Waals surface area contributed by atoms with Crippen molar-refractivity contribution in [3.05, 3.63) is 34.8 Å². The SMILES string of the molecule is Nc1cc(F)c(OC(F)F)cc1-n1cc(Br)cn1. The van der Waals surface area contributed by atoms with Crippen molar-refractivity contribution in [2.75, 3.05) is 5.73 Å². The quantitative estimate of drug-likeness (QED) is 0.884. The van der Waals surface area contributed by atoms with Crippen molar-refractivity contribution in [1.82, 2.24) is 9.78 Å². The van der Waals surface area contributed by atoms with Crippen LogP contribution in [0.15, 0.2) is 29.0 Å². The number of benzene rings is 1. The van der Waals surface area contributed by atoms with Crippen molar-refractivity contribution in [3.63, 3.8) is 0 Å². The predicted octanol–water partition coefficient (Wildman–Crippen LogP) is 2.96. The van der Waals surface area contributed by atoms with Crippen molar-refractivity contribution < 1.29 is 17.9 Å². The number of nitrogens with two attached hydrogens (primary N) is 1. The van der Waals surface area contributed by atoms with Crippen molar-refractivity contribution in [2.24, 2.45) is 0 Å². The molecule has 0 bridgehead atoms. The molecule has 4 nitrogen and oxygen atoms in total. The third-order valence-corrected chi connectivity index (χ3v) is 2.50. The van der Waals surface area contributed by atoms with Crippen LogP contribution in [0, 0.1) is 5.82 Å². The minimum Gasteiger partial charge on any atom is -0.432 e. The van der Waals surface area contributed by atoms with Crippen molar-refractivity contribution in [2.45, 2.75) is 6.61 Å². The van der Waals surface area contributed by atoms with E-state index in [1.165, 1.54) is 10.9 Å². The van der Waals surface area contributed by atoms with E-state index < -0.39 is 18.2 Å². The number of nitrogens with zero attached hydrogens (tertiary/aromatic N) is 2. The molecule has 0 aliphatic heterocycles. The van der Waals surface area contributed by atoms with Crippen LogP contribution in [0.1, 0.15) is 0 Å². The van der Waals surface area contributed by atoms with Gasteiger partial charge in [0.05, 0.1) is 22.0 Å². The highest BCUT2D eigenvalue weighted by molar-refractivity contribution is 9.10. The van der Waals surface area contributed by atoms with Crippen LogP contribution >= 0.6 is 15.9 Å². The van der Waals surface area contributed by atoms with Gasteiger partial charge in [-0.2, -0.15) is 13.9 Å². The van der Waals surface area contributed by atoms with Crippen LogP contribution in [-0.2, 0) is 0 Å². The first-order chi connectivity index (χ1) is 8.47. The number of nitrogen functional groups attached to an aromatic ring is 1. The third-order valence-electron chi connectivity index (χ3n) is 2.10. The van der Waals surface area contributed by atoms with Gasteiger partial charge in [0.2, 0.25) is 0 Å². The zero-order valence-corrected chi connectivity index (χ0v) is 10.4. The van der Waals surface area contributed by atoms with Crippen LogP contribution in [0.3, 0.4) is 0 Å². The van der Waals surface area contributed by atoms with E-state index in [0.29, 0.717) is 4.47 Å². The number of hydrogen-bond donors (Lipinski definition) is 1. The molecule has 0 aliphatic rings. The van der Waals surface area contributed by atoms with Crippen molar-refractivity contribution in [3.8, 4) is 11.4 Å². The molecule has 1 aromatic carbocycles. The van der Waals surface area contributed by atoms with Gasteiger partial charge >= 0.3 is 6.61 Å². The first-order valence-corrected chi connectivity index (χ1v) is 5.51. The van der Waals surface area contributed by atoms with Crippen molar-refractivity contribution >= 4 is 21.6 Å². The zero-order valence-electron chi connectivity index (χ0n) is 8.78. The summed E-state index contributed by atoms with van der Waals surface area (Å²) in [6.45, 7) is -3.11. The van der Waals surface area contributed by atoms with Gasteiger partial charge in [-0.05, 0) is 15.9 Å². The Morgan fingerprint density at radius 2 is 2.11 bits per heavy atom. The number of rotatable bonds is 3. The smallest absolute Gasteiger partial charge is 0.387 e. The average molecular weight is 322 g/mol. The molecule has 96 valence electrons. The largest absolute Gasteiger partial charge is 0.432 e. The van der Waals surface area contributed by atoms with Gasteiger partial charge in [-0.1, -0.05) is 0 Å². The number of hydrogen-bond acceptors (Lipinski definition) is 3. The molecule has 2 rings (SSSR count).